The Balaban J connectivity index is 0.00000121. The number of furan rings is 1. The van der Waals surface area contributed by atoms with E-state index in [0.29, 0.717) is 5.76 Å². The molecule has 2 aliphatic rings. The SMILES string of the molecule is Cl.OC1(c2ccco2)c2ccccc2C2=NCCCN21. The maximum atomic E-state index is 11.3. The largest absolute Gasteiger partial charge is 0.464 e. The molecule has 0 aliphatic carbocycles. The third-order valence-electron chi connectivity index (χ3n) is 3.86. The molecular weight excluding hydrogens is 276 g/mol. The minimum Gasteiger partial charge on any atom is -0.464 e. The fraction of sp³-hybridized carbons (Fsp3) is 0.267. The number of amidine groups is 1. The molecule has 20 heavy (non-hydrogen) atoms. The molecule has 0 radical (unpaired) electrons. The van der Waals surface area contributed by atoms with Crippen LogP contribution < -0.4 is 0 Å². The highest BCUT2D eigenvalue weighted by Crippen LogP contribution is 2.43. The van der Waals surface area contributed by atoms with Crippen molar-refractivity contribution in [2.24, 2.45) is 4.99 Å². The van der Waals surface area contributed by atoms with E-state index in [1.165, 1.54) is 0 Å². The molecule has 0 amide bonds. The topological polar surface area (TPSA) is 49.0 Å². The van der Waals surface area contributed by atoms with Gasteiger partial charge in [0, 0.05) is 24.2 Å². The van der Waals surface area contributed by atoms with Crippen molar-refractivity contribution in [2.45, 2.75) is 12.1 Å². The number of rotatable bonds is 1. The molecule has 3 heterocycles. The molecule has 1 aromatic carbocycles. The van der Waals surface area contributed by atoms with Crippen molar-refractivity contribution in [3.8, 4) is 0 Å². The zero-order valence-corrected chi connectivity index (χ0v) is 11.6. The second-order valence-electron chi connectivity index (χ2n) is 4.91. The number of fused-ring (bicyclic) bond motifs is 3. The van der Waals surface area contributed by atoms with E-state index in [9.17, 15) is 5.11 Å². The molecule has 0 saturated heterocycles. The van der Waals surface area contributed by atoms with Crippen molar-refractivity contribution in [2.75, 3.05) is 13.1 Å². The summed E-state index contributed by atoms with van der Waals surface area (Å²) in [5.41, 5.74) is 0.631. The second kappa shape index (κ2) is 4.65. The molecule has 1 N–H and O–H groups in total. The highest BCUT2D eigenvalue weighted by molar-refractivity contribution is 6.04. The molecule has 1 aromatic heterocycles. The van der Waals surface area contributed by atoms with Gasteiger partial charge in [-0.15, -0.1) is 12.4 Å². The average Bonchev–Trinajstić information content (AvgIpc) is 3.08. The maximum absolute atomic E-state index is 11.3. The van der Waals surface area contributed by atoms with E-state index >= 15 is 0 Å². The van der Waals surface area contributed by atoms with Gasteiger partial charge >= 0.3 is 0 Å². The molecule has 4 rings (SSSR count). The van der Waals surface area contributed by atoms with Crippen molar-refractivity contribution in [1.29, 1.82) is 0 Å². The van der Waals surface area contributed by atoms with Crippen molar-refractivity contribution >= 4 is 18.2 Å². The first-order valence-electron chi connectivity index (χ1n) is 6.50. The quantitative estimate of drug-likeness (QED) is 0.877. The smallest absolute Gasteiger partial charge is 0.226 e. The summed E-state index contributed by atoms with van der Waals surface area (Å²) in [5.74, 6) is 1.42. The van der Waals surface area contributed by atoms with E-state index in [1.807, 2.05) is 35.2 Å². The fourth-order valence-corrected chi connectivity index (χ4v) is 3.02. The lowest BCUT2D eigenvalue weighted by Crippen LogP contribution is -2.46. The molecule has 4 nitrogen and oxygen atoms in total. The Bertz CT molecular complexity index is 654. The summed E-state index contributed by atoms with van der Waals surface area (Å²) in [6, 6.07) is 11.5. The molecule has 1 unspecified atom stereocenters. The Morgan fingerprint density at radius 1 is 1.20 bits per heavy atom. The first-order valence-corrected chi connectivity index (χ1v) is 6.50. The Hall–Kier alpha value is -1.78. The number of aliphatic hydroxyl groups is 1. The van der Waals surface area contributed by atoms with Crippen LogP contribution >= 0.6 is 12.4 Å². The van der Waals surface area contributed by atoms with Gasteiger partial charge in [-0.1, -0.05) is 24.3 Å². The summed E-state index contributed by atoms with van der Waals surface area (Å²) >= 11 is 0. The molecule has 2 aliphatic heterocycles. The monoisotopic (exact) mass is 290 g/mol. The molecular formula is C15H15ClN2O2. The van der Waals surface area contributed by atoms with Gasteiger partial charge in [0.05, 0.1) is 6.26 Å². The summed E-state index contributed by atoms with van der Waals surface area (Å²) in [6.07, 6.45) is 2.54. The standard InChI is InChI=1S/C15H14N2O2.ClH/c18-15(13-7-3-10-19-13)12-6-2-1-5-11(12)14-16-8-4-9-17(14)15;/h1-3,5-7,10,18H,4,8-9H2;1H. The lowest BCUT2D eigenvalue weighted by Gasteiger charge is -2.35. The van der Waals surface area contributed by atoms with Gasteiger partial charge in [0.1, 0.15) is 5.84 Å². The molecule has 5 heteroatoms. The summed E-state index contributed by atoms with van der Waals surface area (Å²) in [6.45, 7) is 1.60. The van der Waals surface area contributed by atoms with E-state index in [4.69, 9.17) is 4.42 Å². The van der Waals surface area contributed by atoms with Crippen LogP contribution in [0.15, 0.2) is 52.1 Å². The van der Waals surface area contributed by atoms with Crippen LogP contribution in [0.5, 0.6) is 0 Å². The number of aliphatic imine (C=N–C) groups is 1. The van der Waals surface area contributed by atoms with Crippen LogP contribution in [0.25, 0.3) is 0 Å². The maximum Gasteiger partial charge on any atom is 0.226 e. The van der Waals surface area contributed by atoms with Crippen molar-refractivity contribution in [3.63, 3.8) is 0 Å². The average molecular weight is 291 g/mol. The van der Waals surface area contributed by atoms with E-state index in [1.54, 1.807) is 12.3 Å². The van der Waals surface area contributed by atoms with Gasteiger partial charge in [-0.25, -0.2) is 0 Å². The van der Waals surface area contributed by atoms with Gasteiger partial charge in [0.15, 0.2) is 5.76 Å². The first kappa shape index (κ1) is 13.2. The molecule has 1 atom stereocenters. The molecule has 104 valence electrons. The number of nitrogens with zero attached hydrogens (tertiary/aromatic N) is 2. The molecule has 0 bridgehead atoms. The predicted octanol–water partition coefficient (Wildman–Crippen LogP) is 2.36. The van der Waals surface area contributed by atoms with E-state index in [2.05, 4.69) is 4.99 Å². The van der Waals surface area contributed by atoms with Gasteiger partial charge in [-0.2, -0.15) is 0 Å². The van der Waals surface area contributed by atoms with E-state index in [-0.39, 0.29) is 12.4 Å². The minimum atomic E-state index is -1.22. The summed E-state index contributed by atoms with van der Waals surface area (Å²) in [5, 5.41) is 11.3. The van der Waals surface area contributed by atoms with Crippen molar-refractivity contribution in [1.82, 2.24) is 4.90 Å². The molecule has 0 spiro atoms. The van der Waals surface area contributed by atoms with Gasteiger partial charge in [0.2, 0.25) is 5.72 Å². The van der Waals surface area contributed by atoms with Crippen LogP contribution in [0.1, 0.15) is 23.3 Å². The zero-order chi connectivity index (χ0) is 12.9. The summed E-state index contributed by atoms with van der Waals surface area (Å²) in [7, 11) is 0. The Labute approximate surface area is 123 Å². The van der Waals surface area contributed by atoms with Gasteiger partial charge in [-0.3, -0.25) is 4.99 Å². The Kier molecular flexibility index (Phi) is 3.07. The zero-order valence-electron chi connectivity index (χ0n) is 10.8. The van der Waals surface area contributed by atoms with Crippen LogP contribution in [0.2, 0.25) is 0 Å². The van der Waals surface area contributed by atoms with Crippen LogP contribution in [0, 0.1) is 0 Å². The highest BCUT2D eigenvalue weighted by atomic mass is 35.5. The van der Waals surface area contributed by atoms with Gasteiger partial charge < -0.3 is 14.4 Å². The number of hydrogen-bond donors (Lipinski definition) is 1. The van der Waals surface area contributed by atoms with Gasteiger partial charge in [0.25, 0.3) is 0 Å². The summed E-state index contributed by atoms with van der Waals surface area (Å²) < 4.78 is 5.48. The molecule has 0 fully saturated rings. The van der Waals surface area contributed by atoms with E-state index < -0.39 is 5.72 Å². The van der Waals surface area contributed by atoms with Crippen LogP contribution in [-0.4, -0.2) is 28.9 Å². The number of hydrogen-bond acceptors (Lipinski definition) is 4. The normalized spacial score (nSPS) is 23.6. The third-order valence-corrected chi connectivity index (χ3v) is 3.86. The number of halogens is 1. The van der Waals surface area contributed by atoms with Crippen LogP contribution in [0.3, 0.4) is 0 Å². The lowest BCUT2D eigenvalue weighted by molar-refractivity contribution is -0.0491. The van der Waals surface area contributed by atoms with Crippen LogP contribution in [-0.2, 0) is 5.72 Å². The second-order valence-corrected chi connectivity index (χ2v) is 4.91. The van der Waals surface area contributed by atoms with Crippen molar-refractivity contribution < 1.29 is 9.52 Å². The minimum absolute atomic E-state index is 0. The fourth-order valence-electron chi connectivity index (χ4n) is 3.02. The third kappa shape index (κ3) is 1.55. The van der Waals surface area contributed by atoms with Gasteiger partial charge in [-0.05, 0) is 18.6 Å². The Morgan fingerprint density at radius 2 is 2.05 bits per heavy atom. The molecule has 2 aromatic rings. The summed E-state index contributed by atoms with van der Waals surface area (Å²) in [4.78, 5) is 6.52. The lowest BCUT2D eigenvalue weighted by atomic mass is 9.99. The highest BCUT2D eigenvalue weighted by Gasteiger charge is 2.50. The first-order chi connectivity index (χ1) is 9.32. The van der Waals surface area contributed by atoms with Crippen molar-refractivity contribution in [3.05, 3.63) is 59.5 Å². The predicted molar refractivity (Wildman–Crippen MR) is 78.1 cm³/mol. The Morgan fingerprint density at radius 3 is 2.85 bits per heavy atom. The molecule has 0 saturated carbocycles. The van der Waals surface area contributed by atoms with E-state index in [0.717, 1.165) is 36.5 Å². The van der Waals surface area contributed by atoms with Crippen LogP contribution in [0.4, 0.5) is 0 Å². The number of benzene rings is 1.